The molecule has 76 valence electrons. The number of hydrogen-bond donors (Lipinski definition) is 1. The molecule has 5 heteroatoms. The van der Waals surface area contributed by atoms with Gasteiger partial charge in [0, 0.05) is 23.2 Å². The van der Waals surface area contributed by atoms with Crippen LogP contribution in [0.5, 0.6) is 0 Å². The van der Waals surface area contributed by atoms with Gasteiger partial charge in [0.2, 0.25) is 0 Å². The first-order valence-electron chi connectivity index (χ1n) is 4.39. The first-order valence-corrected chi connectivity index (χ1v) is 4.39. The smallest absolute Gasteiger partial charge is 0.272 e. The van der Waals surface area contributed by atoms with Crippen molar-refractivity contribution in [2.45, 2.75) is 6.92 Å². The Hall–Kier alpha value is -2.17. The number of nitrogens with two attached hydrogens (primary N) is 1. The molecule has 0 fully saturated rings. The number of aromatic nitrogens is 1. The van der Waals surface area contributed by atoms with E-state index in [0.717, 1.165) is 5.69 Å². The SMILES string of the molecule is Cc1ccc2cc([N+](=O)[O-])cc(N)c2n1. The molecule has 2 N–H and O–H groups in total. The second kappa shape index (κ2) is 3.20. The van der Waals surface area contributed by atoms with Crippen LogP contribution in [0.2, 0.25) is 0 Å². The van der Waals surface area contributed by atoms with E-state index in [1.165, 1.54) is 12.1 Å². The van der Waals surface area contributed by atoms with E-state index in [1.54, 1.807) is 12.1 Å². The van der Waals surface area contributed by atoms with Crippen molar-refractivity contribution in [3.63, 3.8) is 0 Å². The number of nitrogens with zero attached hydrogens (tertiary/aromatic N) is 2. The van der Waals surface area contributed by atoms with Crippen molar-refractivity contribution in [3.8, 4) is 0 Å². The zero-order chi connectivity index (χ0) is 11.0. The van der Waals surface area contributed by atoms with E-state index in [4.69, 9.17) is 5.73 Å². The van der Waals surface area contributed by atoms with Gasteiger partial charge in [0.25, 0.3) is 5.69 Å². The maximum atomic E-state index is 10.6. The maximum Gasteiger partial charge on any atom is 0.272 e. The Morgan fingerprint density at radius 2 is 2.13 bits per heavy atom. The van der Waals surface area contributed by atoms with Crippen LogP contribution < -0.4 is 5.73 Å². The lowest BCUT2D eigenvalue weighted by Gasteiger charge is -2.02. The van der Waals surface area contributed by atoms with Gasteiger partial charge in [-0.2, -0.15) is 0 Å². The van der Waals surface area contributed by atoms with Gasteiger partial charge in [0.15, 0.2) is 0 Å². The van der Waals surface area contributed by atoms with Crippen molar-refractivity contribution in [1.82, 2.24) is 4.98 Å². The Bertz CT molecular complexity index is 552. The summed E-state index contributed by atoms with van der Waals surface area (Å²) in [6.07, 6.45) is 0. The number of aryl methyl sites for hydroxylation is 1. The Morgan fingerprint density at radius 3 is 2.80 bits per heavy atom. The minimum absolute atomic E-state index is 0.00865. The molecule has 0 unspecified atom stereocenters. The Kier molecular flexibility index (Phi) is 2.00. The van der Waals surface area contributed by atoms with Crippen molar-refractivity contribution >= 4 is 22.3 Å². The van der Waals surface area contributed by atoms with E-state index < -0.39 is 4.92 Å². The number of pyridine rings is 1. The summed E-state index contributed by atoms with van der Waals surface area (Å²) in [7, 11) is 0. The zero-order valence-corrected chi connectivity index (χ0v) is 8.10. The van der Waals surface area contributed by atoms with Crippen molar-refractivity contribution < 1.29 is 4.92 Å². The molecular weight excluding hydrogens is 194 g/mol. The molecule has 2 aromatic rings. The monoisotopic (exact) mass is 203 g/mol. The third-order valence-corrected chi connectivity index (χ3v) is 2.16. The van der Waals surface area contributed by atoms with Crippen LogP contribution in [0.1, 0.15) is 5.69 Å². The number of fused-ring (bicyclic) bond motifs is 1. The molecule has 0 bridgehead atoms. The highest BCUT2D eigenvalue weighted by Crippen LogP contribution is 2.25. The summed E-state index contributed by atoms with van der Waals surface area (Å²) in [6, 6.07) is 6.37. The van der Waals surface area contributed by atoms with E-state index in [-0.39, 0.29) is 5.69 Å². The highest BCUT2D eigenvalue weighted by molar-refractivity contribution is 5.91. The normalized spacial score (nSPS) is 10.5. The van der Waals surface area contributed by atoms with Gasteiger partial charge in [-0.15, -0.1) is 0 Å². The van der Waals surface area contributed by atoms with Crippen LogP contribution in [0.3, 0.4) is 0 Å². The summed E-state index contributed by atoms with van der Waals surface area (Å²) in [4.78, 5) is 14.4. The largest absolute Gasteiger partial charge is 0.397 e. The molecule has 0 amide bonds. The fourth-order valence-electron chi connectivity index (χ4n) is 1.45. The molecule has 0 aliphatic rings. The van der Waals surface area contributed by atoms with E-state index in [1.807, 2.05) is 6.92 Å². The number of nitro groups is 1. The van der Waals surface area contributed by atoms with Crippen LogP contribution in [0.15, 0.2) is 24.3 Å². The summed E-state index contributed by atoms with van der Waals surface area (Å²) < 4.78 is 0. The summed E-state index contributed by atoms with van der Waals surface area (Å²) >= 11 is 0. The molecule has 1 aromatic carbocycles. The lowest BCUT2D eigenvalue weighted by atomic mass is 10.1. The minimum Gasteiger partial charge on any atom is -0.397 e. The first-order chi connectivity index (χ1) is 7.08. The minimum atomic E-state index is -0.463. The molecule has 2 rings (SSSR count). The van der Waals surface area contributed by atoms with Crippen molar-refractivity contribution in [1.29, 1.82) is 0 Å². The highest BCUT2D eigenvalue weighted by Gasteiger charge is 2.10. The van der Waals surface area contributed by atoms with Crippen LogP contribution in [-0.2, 0) is 0 Å². The fraction of sp³-hybridized carbons (Fsp3) is 0.100. The maximum absolute atomic E-state index is 10.6. The number of non-ortho nitro benzene ring substituents is 1. The molecule has 0 saturated carbocycles. The summed E-state index contributed by atoms with van der Waals surface area (Å²) in [5.74, 6) is 0. The standard InChI is InChI=1S/C10H9N3O2/c1-6-2-3-7-4-8(13(14)15)5-9(11)10(7)12-6/h2-5H,11H2,1H3. The zero-order valence-electron chi connectivity index (χ0n) is 8.10. The predicted octanol–water partition coefficient (Wildman–Crippen LogP) is 2.03. The Labute approximate surface area is 85.7 Å². The molecule has 1 aromatic heterocycles. The van der Waals surface area contributed by atoms with Crippen LogP contribution >= 0.6 is 0 Å². The molecule has 0 aliphatic carbocycles. The topological polar surface area (TPSA) is 82.0 Å². The number of hydrogen-bond acceptors (Lipinski definition) is 4. The summed E-state index contributed by atoms with van der Waals surface area (Å²) in [5.41, 5.74) is 7.47. The number of nitrogen functional groups attached to an aromatic ring is 1. The van der Waals surface area contributed by atoms with Crippen molar-refractivity contribution in [2.24, 2.45) is 0 Å². The van der Waals surface area contributed by atoms with Gasteiger partial charge >= 0.3 is 0 Å². The van der Waals surface area contributed by atoms with E-state index >= 15 is 0 Å². The van der Waals surface area contributed by atoms with Gasteiger partial charge < -0.3 is 5.73 Å². The number of benzene rings is 1. The molecule has 0 radical (unpaired) electrons. The Balaban J connectivity index is 2.78. The first kappa shape index (κ1) is 9.39. The lowest BCUT2D eigenvalue weighted by Crippen LogP contribution is -1.95. The molecule has 1 heterocycles. The predicted molar refractivity (Wildman–Crippen MR) is 57.5 cm³/mol. The van der Waals surface area contributed by atoms with Crippen LogP contribution in [0.4, 0.5) is 11.4 Å². The van der Waals surface area contributed by atoms with Gasteiger partial charge in [0.05, 0.1) is 16.1 Å². The van der Waals surface area contributed by atoms with Crippen LogP contribution in [0.25, 0.3) is 10.9 Å². The number of rotatable bonds is 1. The second-order valence-corrected chi connectivity index (χ2v) is 3.32. The van der Waals surface area contributed by atoms with Crippen molar-refractivity contribution in [2.75, 3.05) is 5.73 Å². The molecule has 15 heavy (non-hydrogen) atoms. The van der Waals surface area contributed by atoms with Crippen LogP contribution in [0, 0.1) is 17.0 Å². The molecule has 0 saturated heterocycles. The van der Waals surface area contributed by atoms with Crippen molar-refractivity contribution in [3.05, 3.63) is 40.1 Å². The average molecular weight is 203 g/mol. The quantitative estimate of drug-likeness (QED) is 0.436. The lowest BCUT2D eigenvalue weighted by molar-refractivity contribution is -0.384. The number of anilines is 1. The molecule has 0 aliphatic heterocycles. The molecular formula is C10H9N3O2. The van der Waals surface area contributed by atoms with Gasteiger partial charge in [0.1, 0.15) is 0 Å². The summed E-state index contributed by atoms with van der Waals surface area (Å²) in [5, 5.41) is 11.3. The summed E-state index contributed by atoms with van der Waals surface area (Å²) in [6.45, 7) is 1.85. The third-order valence-electron chi connectivity index (χ3n) is 2.16. The Morgan fingerprint density at radius 1 is 1.40 bits per heavy atom. The van der Waals surface area contributed by atoms with Gasteiger partial charge in [-0.05, 0) is 13.0 Å². The third kappa shape index (κ3) is 1.59. The number of nitro benzene ring substituents is 1. The van der Waals surface area contributed by atoms with E-state index in [9.17, 15) is 10.1 Å². The highest BCUT2D eigenvalue weighted by atomic mass is 16.6. The fourth-order valence-corrected chi connectivity index (χ4v) is 1.45. The van der Waals surface area contributed by atoms with E-state index in [0.29, 0.717) is 16.6 Å². The van der Waals surface area contributed by atoms with Gasteiger partial charge in [-0.3, -0.25) is 15.1 Å². The molecule has 0 spiro atoms. The van der Waals surface area contributed by atoms with Gasteiger partial charge in [-0.25, -0.2) is 0 Å². The van der Waals surface area contributed by atoms with Gasteiger partial charge in [-0.1, -0.05) is 6.07 Å². The second-order valence-electron chi connectivity index (χ2n) is 3.32. The van der Waals surface area contributed by atoms with Crippen LogP contribution in [-0.4, -0.2) is 9.91 Å². The molecule has 0 atom stereocenters. The van der Waals surface area contributed by atoms with E-state index in [2.05, 4.69) is 4.98 Å². The average Bonchev–Trinajstić information content (AvgIpc) is 2.18. The molecule has 5 nitrogen and oxygen atoms in total.